The van der Waals surface area contributed by atoms with Gasteiger partial charge in [0, 0.05) is 37.8 Å². The number of carbonyl (C=O) groups is 1. The molecule has 0 aliphatic rings. The molecule has 0 saturated heterocycles. The van der Waals surface area contributed by atoms with E-state index in [1.54, 1.807) is 17.4 Å². The van der Waals surface area contributed by atoms with Crippen LogP contribution in [0.3, 0.4) is 0 Å². The summed E-state index contributed by atoms with van der Waals surface area (Å²) in [6.07, 6.45) is 3.25. The van der Waals surface area contributed by atoms with Gasteiger partial charge in [0.15, 0.2) is 0 Å². The molecule has 0 spiro atoms. The minimum atomic E-state index is -0.114. The lowest BCUT2D eigenvalue weighted by atomic mass is 10.2. The van der Waals surface area contributed by atoms with Crippen molar-refractivity contribution in [1.29, 1.82) is 0 Å². The van der Waals surface area contributed by atoms with Crippen molar-refractivity contribution in [2.24, 2.45) is 0 Å². The minimum absolute atomic E-state index is 0.114. The Labute approximate surface area is 129 Å². The zero-order chi connectivity index (χ0) is 15.2. The SMILES string of the molecule is Cc1nc(/C=C/C(=O)NCc2ccc(N(C)C)cc2)cs1. The quantitative estimate of drug-likeness (QED) is 0.864. The lowest BCUT2D eigenvalue weighted by Gasteiger charge is -2.12. The maximum absolute atomic E-state index is 11.7. The van der Waals surface area contributed by atoms with Gasteiger partial charge in [0.1, 0.15) is 0 Å². The molecule has 2 rings (SSSR count). The predicted octanol–water partition coefficient (Wildman–Crippen LogP) is 2.85. The second kappa shape index (κ2) is 7.04. The molecule has 0 atom stereocenters. The van der Waals surface area contributed by atoms with Crippen molar-refractivity contribution in [2.45, 2.75) is 13.5 Å². The van der Waals surface area contributed by atoms with E-state index in [2.05, 4.69) is 10.3 Å². The Bertz CT molecular complexity index is 629. The standard InChI is InChI=1S/C16H19N3OS/c1-12-18-14(11-21-12)6-9-16(20)17-10-13-4-7-15(8-5-13)19(2)3/h4-9,11H,10H2,1-3H3,(H,17,20)/b9-6+. The molecule has 0 unspecified atom stereocenters. The third kappa shape index (κ3) is 4.72. The van der Waals surface area contributed by atoms with E-state index in [4.69, 9.17) is 0 Å². The van der Waals surface area contributed by atoms with E-state index in [1.165, 1.54) is 6.08 Å². The molecule has 1 amide bonds. The summed E-state index contributed by atoms with van der Waals surface area (Å²) in [4.78, 5) is 18.1. The molecule has 0 fully saturated rings. The molecule has 1 N–H and O–H groups in total. The number of anilines is 1. The molecule has 4 nitrogen and oxygen atoms in total. The molecule has 0 radical (unpaired) electrons. The number of aryl methyl sites for hydroxylation is 1. The molecule has 1 aromatic carbocycles. The normalized spacial score (nSPS) is 10.8. The number of aromatic nitrogens is 1. The topological polar surface area (TPSA) is 45.2 Å². The number of hydrogen-bond donors (Lipinski definition) is 1. The van der Waals surface area contributed by atoms with Crippen LogP contribution in [-0.4, -0.2) is 25.0 Å². The summed E-state index contributed by atoms with van der Waals surface area (Å²) in [6.45, 7) is 2.46. The number of thiazole rings is 1. The van der Waals surface area contributed by atoms with Gasteiger partial charge in [0.05, 0.1) is 10.7 Å². The van der Waals surface area contributed by atoms with Gasteiger partial charge in [-0.3, -0.25) is 4.79 Å². The van der Waals surface area contributed by atoms with Gasteiger partial charge < -0.3 is 10.2 Å². The van der Waals surface area contributed by atoms with Gasteiger partial charge in [-0.2, -0.15) is 0 Å². The first-order chi connectivity index (χ1) is 10.0. The summed E-state index contributed by atoms with van der Waals surface area (Å²) in [5.41, 5.74) is 3.04. The second-order valence-electron chi connectivity index (χ2n) is 4.90. The summed E-state index contributed by atoms with van der Waals surface area (Å²) in [6, 6.07) is 8.11. The molecule has 0 aliphatic heterocycles. The van der Waals surface area contributed by atoms with Crippen LogP contribution in [-0.2, 0) is 11.3 Å². The number of nitrogens with zero attached hydrogens (tertiary/aromatic N) is 2. The van der Waals surface area contributed by atoms with Crippen LogP contribution in [0.25, 0.3) is 6.08 Å². The van der Waals surface area contributed by atoms with Gasteiger partial charge in [-0.25, -0.2) is 4.98 Å². The third-order valence-electron chi connectivity index (χ3n) is 2.96. The average molecular weight is 301 g/mol. The molecule has 2 aromatic rings. The smallest absolute Gasteiger partial charge is 0.244 e. The van der Waals surface area contributed by atoms with Crippen molar-refractivity contribution in [3.8, 4) is 0 Å². The molecule has 110 valence electrons. The first-order valence-corrected chi connectivity index (χ1v) is 7.57. The monoisotopic (exact) mass is 301 g/mol. The Morgan fingerprint density at radius 3 is 2.62 bits per heavy atom. The summed E-state index contributed by atoms with van der Waals surface area (Å²) >= 11 is 1.57. The van der Waals surface area contributed by atoms with Crippen LogP contribution in [0.1, 0.15) is 16.3 Å². The Morgan fingerprint density at radius 1 is 1.33 bits per heavy atom. The highest BCUT2D eigenvalue weighted by Crippen LogP contribution is 2.12. The highest BCUT2D eigenvalue weighted by molar-refractivity contribution is 7.09. The number of benzene rings is 1. The number of carbonyl (C=O) groups excluding carboxylic acids is 1. The third-order valence-corrected chi connectivity index (χ3v) is 3.75. The van der Waals surface area contributed by atoms with Crippen molar-refractivity contribution < 1.29 is 4.79 Å². The fourth-order valence-electron chi connectivity index (χ4n) is 1.78. The molecule has 21 heavy (non-hydrogen) atoms. The van der Waals surface area contributed by atoms with Gasteiger partial charge in [0.2, 0.25) is 5.91 Å². The van der Waals surface area contributed by atoms with Gasteiger partial charge in [-0.1, -0.05) is 12.1 Å². The van der Waals surface area contributed by atoms with E-state index in [0.717, 1.165) is 22.0 Å². The maximum atomic E-state index is 11.7. The zero-order valence-corrected chi connectivity index (χ0v) is 13.3. The van der Waals surface area contributed by atoms with Crippen LogP contribution >= 0.6 is 11.3 Å². The van der Waals surface area contributed by atoms with E-state index in [1.807, 2.05) is 55.6 Å². The molecule has 0 aliphatic carbocycles. The number of nitrogens with one attached hydrogen (secondary N) is 1. The van der Waals surface area contributed by atoms with Crippen LogP contribution in [0.15, 0.2) is 35.7 Å². The average Bonchev–Trinajstić information content (AvgIpc) is 2.89. The second-order valence-corrected chi connectivity index (χ2v) is 5.97. The molecule has 5 heteroatoms. The molecular formula is C16H19N3OS. The van der Waals surface area contributed by atoms with Crippen LogP contribution < -0.4 is 10.2 Å². The fourth-order valence-corrected chi connectivity index (χ4v) is 2.36. The van der Waals surface area contributed by atoms with Gasteiger partial charge >= 0.3 is 0 Å². The van der Waals surface area contributed by atoms with Crippen molar-refractivity contribution >= 4 is 29.0 Å². The largest absolute Gasteiger partial charge is 0.378 e. The van der Waals surface area contributed by atoms with E-state index >= 15 is 0 Å². The lowest BCUT2D eigenvalue weighted by Crippen LogP contribution is -2.20. The van der Waals surface area contributed by atoms with Crippen molar-refractivity contribution in [1.82, 2.24) is 10.3 Å². The fraction of sp³-hybridized carbons (Fsp3) is 0.250. The van der Waals surface area contributed by atoms with Crippen LogP contribution in [0, 0.1) is 6.92 Å². The van der Waals surface area contributed by atoms with E-state index in [-0.39, 0.29) is 5.91 Å². The summed E-state index contributed by atoms with van der Waals surface area (Å²) in [5, 5.41) is 5.79. The maximum Gasteiger partial charge on any atom is 0.244 e. The predicted molar refractivity (Wildman–Crippen MR) is 88.5 cm³/mol. The van der Waals surface area contributed by atoms with E-state index in [0.29, 0.717) is 6.54 Å². The van der Waals surface area contributed by atoms with Crippen molar-refractivity contribution in [2.75, 3.05) is 19.0 Å². The highest BCUT2D eigenvalue weighted by atomic mass is 32.1. The number of rotatable bonds is 5. The molecular weight excluding hydrogens is 282 g/mol. The van der Waals surface area contributed by atoms with Crippen LogP contribution in [0.2, 0.25) is 0 Å². The van der Waals surface area contributed by atoms with Crippen molar-refractivity contribution in [3.63, 3.8) is 0 Å². The summed E-state index contributed by atoms with van der Waals surface area (Å²) < 4.78 is 0. The highest BCUT2D eigenvalue weighted by Gasteiger charge is 1.99. The Hall–Kier alpha value is -2.14. The summed E-state index contributed by atoms with van der Waals surface area (Å²) in [5.74, 6) is -0.114. The van der Waals surface area contributed by atoms with Crippen LogP contribution in [0.4, 0.5) is 5.69 Å². The molecule has 0 bridgehead atoms. The van der Waals surface area contributed by atoms with Gasteiger partial charge in [-0.05, 0) is 30.7 Å². The number of hydrogen-bond acceptors (Lipinski definition) is 4. The first-order valence-electron chi connectivity index (χ1n) is 6.69. The van der Waals surface area contributed by atoms with Crippen LogP contribution in [0.5, 0.6) is 0 Å². The molecule has 1 aromatic heterocycles. The summed E-state index contributed by atoms with van der Waals surface area (Å²) in [7, 11) is 4.00. The van der Waals surface area contributed by atoms with Gasteiger partial charge in [0.25, 0.3) is 0 Å². The Morgan fingerprint density at radius 2 is 2.05 bits per heavy atom. The van der Waals surface area contributed by atoms with E-state index in [9.17, 15) is 4.79 Å². The first kappa shape index (κ1) is 15.3. The van der Waals surface area contributed by atoms with Crippen molar-refractivity contribution in [3.05, 3.63) is 52.0 Å². The Balaban J connectivity index is 1.84. The lowest BCUT2D eigenvalue weighted by molar-refractivity contribution is -0.116. The molecule has 1 heterocycles. The minimum Gasteiger partial charge on any atom is -0.378 e. The van der Waals surface area contributed by atoms with Gasteiger partial charge in [-0.15, -0.1) is 11.3 Å². The van der Waals surface area contributed by atoms with E-state index < -0.39 is 0 Å². The number of amides is 1. The Kier molecular flexibility index (Phi) is 5.11. The zero-order valence-electron chi connectivity index (χ0n) is 12.5. The molecule has 0 saturated carbocycles.